The lowest BCUT2D eigenvalue weighted by molar-refractivity contribution is 0.0635. The van der Waals surface area contributed by atoms with Gasteiger partial charge < -0.3 is 4.74 Å². The van der Waals surface area contributed by atoms with Gasteiger partial charge >= 0.3 is 6.09 Å². The highest BCUT2D eigenvalue weighted by Crippen LogP contribution is 2.36. The first-order valence-electron chi connectivity index (χ1n) is 9.78. The zero-order valence-corrected chi connectivity index (χ0v) is 19.5. The summed E-state index contributed by atoms with van der Waals surface area (Å²) in [6.45, 7) is 5.04. The fourth-order valence-electron chi connectivity index (χ4n) is 3.04. The van der Waals surface area contributed by atoms with Crippen molar-refractivity contribution in [2.24, 2.45) is 0 Å². The van der Waals surface area contributed by atoms with Crippen LogP contribution in [0, 0.1) is 11.6 Å². The van der Waals surface area contributed by atoms with E-state index in [4.69, 9.17) is 16.3 Å². The van der Waals surface area contributed by atoms with Gasteiger partial charge in [0, 0.05) is 10.6 Å². The van der Waals surface area contributed by atoms with Crippen molar-refractivity contribution in [1.29, 1.82) is 0 Å². The topological polar surface area (TPSA) is 85.4 Å². The van der Waals surface area contributed by atoms with Gasteiger partial charge in [0.1, 0.15) is 28.3 Å². The van der Waals surface area contributed by atoms with E-state index < -0.39 is 44.0 Å². The number of ether oxygens (including phenoxy) is 1. The second-order valence-corrected chi connectivity index (χ2v) is 10.6. The van der Waals surface area contributed by atoms with E-state index in [0.29, 0.717) is 5.02 Å². The minimum Gasteiger partial charge on any atom is -0.444 e. The third-order valence-electron chi connectivity index (χ3n) is 4.36. The van der Waals surface area contributed by atoms with E-state index in [1.165, 1.54) is 42.5 Å². The number of anilines is 1. The molecule has 10 heteroatoms. The molecule has 0 saturated heterocycles. The number of hydrogen-bond donors (Lipinski definition) is 1. The summed E-state index contributed by atoms with van der Waals surface area (Å²) in [6, 6.07) is 12.0. The lowest BCUT2D eigenvalue weighted by Gasteiger charge is -2.21. The fourth-order valence-corrected chi connectivity index (χ4v) is 4.91. The van der Waals surface area contributed by atoms with Gasteiger partial charge in [0.2, 0.25) is 0 Å². The molecule has 1 amide bonds. The normalized spacial score (nSPS) is 12.8. The van der Waals surface area contributed by atoms with E-state index in [2.05, 4.69) is 10.3 Å². The molecule has 0 radical (unpaired) electrons. The van der Waals surface area contributed by atoms with Gasteiger partial charge in [0.15, 0.2) is 9.84 Å². The van der Waals surface area contributed by atoms with Crippen LogP contribution < -0.4 is 5.32 Å². The number of halogens is 3. The largest absolute Gasteiger partial charge is 0.444 e. The Bertz CT molecular complexity index is 1280. The van der Waals surface area contributed by atoms with Crippen LogP contribution in [0.5, 0.6) is 0 Å². The molecule has 2 aromatic carbocycles. The van der Waals surface area contributed by atoms with Gasteiger partial charge in [-0.15, -0.1) is 0 Å². The first-order valence-corrected chi connectivity index (χ1v) is 11.7. The van der Waals surface area contributed by atoms with Crippen LogP contribution in [0.4, 0.5) is 19.4 Å². The van der Waals surface area contributed by atoms with Crippen LogP contribution in [0.2, 0.25) is 5.02 Å². The molecule has 33 heavy (non-hydrogen) atoms. The molecule has 0 aliphatic rings. The smallest absolute Gasteiger partial charge is 0.413 e. The van der Waals surface area contributed by atoms with E-state index in [1.54, 1.807) is 20.8 Å². The van der Waals surface area contributed by atoms with Crippen LogP contribution in [0.3, 0.4) is 0 Å². The Labute approximate surface area is 195 Å². The second kappa shape index (κ2) is 9.44. The first kappa shape index (κ1) is 24.6. The highest BCUT2D eigenvalue weighted by Gasteiger charge is 2.34. The van der Waals surface area contributed by atoms with Crippen LogP contribution in [0.15, 0.2) is 65.6 Å². The fraction of sp³-hybridized carbons (Fsp3) is 0.217. The van der Waals surface area contributed by atoms with Crippen LogP contribution in [-0.4, -0.2) is 25.1 Å². The Balaban J connectivity index is 2.12. The number of aromatic nitrogens is 1. The Kier molecular flexibility index (Phi) is 7.04. The standard InChI is InChI=1S/C23H21ClF2N2O4S/c1-23(2,3)32-22(29)28-20-6-4-5-19(27-20)21(17-13-15(25)9-12-18(17)26)33(30,31)16-10-7-14(24)8-11-16/h4-13,21H,1-3H3,(H,27,28,29). The van der Waals surface area contributed by atoms with Crippen molar-refractivity contribution >= 4 is 33.3 Å². The van der Waals surface area contributed by atoms with Crippen molar-refractivity contribution in [3.63, 3.8) is 0 Å². The molecule has 1 unspecified atom stereocenters. The summed E-state index contributed by atoms with van der Waals surface area (Å²) in [7, 11) is -4.31. The number of sulfone groups is 1. The first-order chi connectivity index (χ1) is 15.4. The van der Waals surface area contributed by atoms with E-state index >= 15 is 0 Å². The molecule has 6 nitrogen and oxygen atoms in total. The zero-order valence-electron chi connectivity index (χ0n) is 18.0. The number of amides is 1. The van der Waals surface area contributed by atoms with Crippen molar-refractivity contribution in [1.82, 2.24) is 4.98 Å². The van der Waals surface area contributed by atoms with Crippen LogP contribution >= 0.6 is 11.6 Å². The average molecular weight is 495 g/mol. The lowest BCUT2D eigenvalue weighted by atomic mass is 10.1. The molecule has 1 atom stereocenters. The van der Waals surface area contributed by atoms with Gasteiger partial charge in [0.05, 0.1) is 10.6 Å². The molecule has 0 saturated carbocycles. The monoisotopic (exact) mass is 494 g/mol. The van der Waals surface area contributed by atoms with E-state index in [1.807, 2.05) is 0 Å². The highest BCUT2D eigenvalue weighted by molar-refractivity contribution is 7.91. The predicted molar refractivity (Wildman–Crippen MR) is 121 cm³/mol. The molecule has 3 aromatic rings. The molecule has 1 heterocycles. The molecule has 174 valence electrons. The maximum Gasteiger partial charge on any atom is 0.413 e. The van der Waals surface area contributed by atoms with Gasteiger partial charge in [-0.05, 0) is 75.4 Å². The van der Waals surface area contributed by atoms with Gasteiger partial charge in [0.25, 0.3) is 0 Å². The molecule has 3 rings (SSSR count). The van der Waals surface area contributed by atoms with Crippen LogP contribution in [0.25, 0.3) is 0 Å². The summed E-state index contributed by atoms with van der Waals surface area (Å²) in [5.74, 6) is -1.76. The molecule has 0 aliphatic carbocycles. The van der Waals surface area contributed by atoms with Crippen molar-refractivity contribution < 1.29 is 26.7 Å². The summed E-state index contributed by atoms with van der Waals surface area (Å²) in [4.78, 5) is 16.1. The number of carbonyl (C=O) groups is 1. The molecule has 0 spiro atoms. The predicted octanol–water partition coefficient (Wildman–Crippen LogP) is 5.92. The van der Waals surface area contributed by atoms with E-state index in [9.17, 15) is 22.0 Å². The third-order valence-corrected chi connectivity index (χ3v) is 6.66. The number of carbonyl (C=O) groups excluding carboxylic acids is 1. The number of hydrogen-bond acceptors (Lipinski definition) is 5. The average Bonchev–Trinajstić information content (AvgIpc) is 2.70. The zero-order chi connectivity index (χ0) is 24.4. The van der Waals surface area contributed by atoms with E-state index in [-0.39, 0.29) is 16.4 Å². The molecular formula is C23H21ClF2N2O4S. The highest BCUT2D eigenvalue weighted by atomic mass is 35.5. The Morgan fingerprint density at radius 3 is 2.36 bits per heavy atom. The number of nitrogens with zero attached hydrogens (tertiary/aromatic N) is 1. The van der Waals surface area contributed by atoms with Gasteiger partial charge in [-0.3, -0.25) is 5.32 Å². The minimum absolute atomic E-state index is 0.0186. The minimum atomic E-state index is -4.31. The van der Waals surface area contributed by atoms with Crippen molar-refractivity contribution in [2.45, 2.75) is 36.5 Å². The van der Waals surface area contributed by atoms with Gasteiger partial charge in [-0.2, -0.15) is 0 Å². The summed E-state index contributed by atoms with van der Waals surface area (Å²) in [5.41, 5.74) is -1.32. The summed E-state index contributed by atoms with van der Waals surface area (Å²) >= 11 is 5.87. The molecule has 0 bridgehead atoms. The van der Waals surface area contributed by atoms with Crippen LogP contribution in [0.1, 0.15) is 37.3 Å². The lowest BCUT2D eigenvalue weighted by Crippen LogP contribution is -2.27. The summed E-state index contributed by atoms with van der Waals surface area (Å²) in [6.07, 6.45) is -0.804. The molecular weight excluding hydrogens is 474 g/mol. The Morgan fingerprint density at radius 1 is 1.06 bits per heavy atom. The van der Waals surface area contributed by atoms with E-state index in [0.717, 1.165) is 18.2 Å². The summed E-state index contributed by atoms with van der Waals surface area (Å²) < 4.78 is 61.0. The maximum atomic E-state index is 14.7. The Hall–Kier alpha value is -3.04. The number of benzene rings is 2. The van der Waals surface area contributed by atoms with Gasteiger partial charge in [-0.1, -0.05) is 17.7 Å². The van der Waals surface area contributed by atoms with Crippen LogP contribution in [-0.2, 0) is 14.6 Å². The molecule has 0 fully saturated rings. The third kappa shape index (κ3) is 6.06. The molecule has 0 aliphatic heterocycles. The number of nitrogens with one attached hydrogen (secondary N) is 1. The van der Waals surface area contributed by atoms with Crippen molar-refractivity contribution in [2.75, 3.05) is 5.32 Å². The van der Waals surface area contributed by atoms with Crippen molar-refractivity contribution in [3.8, 4) is 0 Å². The Morgan fingerprint density at radius 2 is 1.73 bits per heavy atom. The van der Waals surface area contributed by atoms with Crippen molar-refractivity contribution in [3.05, 3.63) is 88.6 Å². The summed E-state index contributed by atoms with van der Waals surface area (Å²) in [5, 5.41) is 1.03. The SMILES string of the molecule is CC(C)(C)OC(=O)Nc1cccc(C(c2cc(F)ccc2F)S(=O)(=O)c2ccc(Cl)cc2)n1. The molecule has 1 N–H and O–H groups in total. The maximum absolute atomic E-state index is 14.7. The van der Waals surface area contributed by atoms with Gasteiger partial charge in [-0.25, -0.2) is 27.0 Å². The second-order valence-electron chi connectivity index (χ2n) is 8.12. The number of rotatable bonds is 5. The quantitative estimate of drug-likeness (QED) is 0.475. The number of pyridine rings is 1. The molecule has 1 aromatic heterocycles.